The summed E-state index contributed by atoms with van der Waals surface area (Å²) >= 11 is 1.46. The van der Waals surface area contributed by atoms with E-state index in [2.05, 4.69) is 9.97 Å². The van der Waals surface area contributed by atoms with Gasteiger partial charge in [0.1, 0.15) is 28.8 Å². The molecule has 0 aliphatic rings. The molecular weight excluding hydrogens is 446 g/mol. The van der Waals surface area contributed by atoms with Gasteiger partial charge in [-0.3, -0.25) is 4.79 Å². The van der Waals surface area contributed by atoms with E-state index in [1.807, 2.05) is 6.26 Å². The number of H-pyrrole nitrogens is 1. The lowest BCUT2D eigenvalue weighted by molar-refractivity contribution is 0.105. The van der Waals surface area contributed by atoms with Gasteiger partial charge in [0, 0.05) is 22.9 Å². The number of benzene rings is 3. The highest BCUT2D eigenvalue weighted by molar-refractivity contribution is 7.98. The normalized spacial score (nSPS) is 13.1. The molecule has 4 rings (SSSR count). The Morgan fingerprint density at radius 2 is 1.76 bits per heavy atom. The van der Waals surface area contributed by atoms with Gasteiger partial charge in [-0.25, -0.2) is 13.8 Å². The Balaban J connectivity index is 1.89. The number of aromatic amines is 1. The van der Waals surface area contributed by atoms with Gasteiger partial charge in [0.2, 0.25) is 5.78 Å². The third kappa shape index (κ3) is 4.81. The maximum Gasteiger partial charge on any atom is 0.200 e. The highest BCUT2D eigenvalue weighted by atomic mass is 32.2. The van der Waals surface area contributed by atoms with Crippen LogP contribution in [0, 0.1) is 11.6 Å². The summed E-state index contributed by atoms with van der Waals surface area (Å²) in [6.07, 6.45) is 1.08. The van der Waals surface area contributed by atoms with Crippen LogP contribution >= 0.6 is 11.8 Å². The van der Waals surface area contributed by atoms with Crippen LogP contribution in [0.1, 0.15) is 33.4 Å². The fourth-order valence-corrected chi connectivity index (χ4v) is 4.03. The first kappa shape index (κ1) is 22.7. The maximum absolute atomic E-state index is 13.8. The number of imidazole rings is 1. The van der Waals surface area contributed by atoms with Gasteiger partial charge in [0.15, 0.2) is 0 Å². The number of aliphatic hydroxyl groups is 2. The van der Waals surface area contributed by atoms with Crippen molar-refractivity contribution < 1.29 is 23.8 Å². The summed E-state index contributed by atoms with van der Waals surface area (Å²) < 4.78 is 27.7. The van der Waals surface area contributed by atoms with E-state index in [1.165, 1.54) is 17.8 Å². The summed E-state index contributed by atoms with van der Waals surface area (Å²) in [7, 11) is 0. The zero-order valence-corrected chi connectivity index (χ0v) is 18.4. The van der Waals surface area contributed by atoms with Gasteiger partial charge in [-0.2, -0.15) is 11.8 Å². The summed E-state index contributed by atoms with van der Waals surface area (Å²) in [6.45, 7) is 0. The molecule has 1 aromatic heterocycles. The molecule has 0 radical (unpaired) electrons. The van der Waals surface area contributed by atoms with Gasteiger partial charge < -0.3 is 15.2 Å². The van der Waals surface area contributed by atoms with Crippen molar-refractivity contribution >= 4 is 39.9 Å². The van der Waals surface area contributed by atoms with Gasteiger partial charge in [-0.05, 0) is 42.2 Å². The quantitative estimate of drug-likeness (QED) is 0.189. The molecule has 3 N–H and O–H groups in total. The Morgan fingerprint density at radius 1 is 1.03 bits per heavy atom. The van der Waals surface area contributed by atoms with Crippen molar-refractivity contribution in [2.45, 2.75) is 6.10 Å². The second-order valence-electron chi connectivity index (χ2n) is 7.41. The molecular formula is C25H20F2N2O3S. The van der Waals surface area contributed by atoms with E-state index < -0.39 is 29.3 Å². The van der Waals surface area contributed by atoms with Crippen LogP contribution in [0.3, 0.4) is 0 Å². The Hall–Kier alpha value is -3.49. The van der Waals surface area contributed by atoms with Crippen LogP contribution in [0.2, 0.25) is 0 Å². The number of nitrogens with zero attached hydrogens (tertiary/aromatic N) is 1. The fraction of sp³-hybridized carbons (Fsp3) is 0.120. The molecule has 3 aromatic carbocycles. The minimum absolute atomic E-state index is 0.0541. The lowest BCUT2D eigenvalue weighted by atomic mass is 9.96. The van der Waals surface area contributed by atoms with E-state index in [-0.39, 0.29) is 22.5 Å². The number of hydrogen-bond acceptors (Lipinski definition) is 5. The Kier molecular flexibility index (Phi) is 6.57. The predicted molar refractivity (Wildman–Crippen MR) is 126 cm³/mol. The van der Waals surface area contributed by atoms with E-state index in [9.17, 15) is 23.8 Å². The molecule has 33 heavy (non-hydrogen) atoms. The largest absolute Gasteiger partial charge is 0.506 e. The van der Waals surface area contributed by atoms with Crippen molar-refractivity contribution in [2.24, 2.45) is 0 Å². The molecule has 5 nitrogen and oxygen atoms in total. The van der Waals surface area contributed by atoms with E-state index in [1.54, 1.807) is 42.5 Å². The fourth-order valence-electron chi connectivity index (χ4n) is 3.52. The van der Waals surface area contributed by atoms with Crippen molar-refractivity contribution in [3.8, 4) is 0 Å². The number of aliphatic hydroxyl groups excluding tert-OH is 2. The number of rotatable bonds is 7. The molecule has 0 spiro atoms. The molecule has 1 heterocycles. The highest BCUT2D eigenvalue weighted by Gasteiger charge is 2.25. The first-order valence-corrected chi connectivity index (χ1v) is 11.4. The molecule has 0 saturated heterocycles. The summed E-state index contributed by atoms with van der Waals surface area (Å²) in [4.78, 5) is 21.0. The number of Topliss-reactive ketones (excluding diaryl/α,β-unsaturated/α-hetero) is 1. The van der Waals surface area contributed by atoms with Gasteiger partial charge >= 0.3 is 0 Å². The molecule has 0 fully saturated rings. The summed E-state index contributed by atoms with van der Waals surface area (Å²) in [5.41, 5.74) is 1.46. The maximum atomic E-state index is 13.8. The Bertz CT molecular complexity index is 1310. The third-order valence-corrected chi connectivity index (χ3v) is 5.73. The Labute approximate surface area is 192 Å². The van der Waals surface area contributed by atoms with Crippen LogP contribution in [-0.2, 0) is 0 Å². The van der Waals surface area contributed by atoms with E-state index >= 15 is 0 Å². The molecule has 0 saturated carbocycles. The van der Waals surface area contributed by atoms with Crippen molar-refractivity contribution in [1.29, 1.82) is 0 Å². The summed E-state index contributed by atoms with van der Waals surface area (Å²) in [6, 6.07) is 16.0. The second kappa shape index (κ2) is 9.56. The first-order chi connectivity index (χ1) is 15.9. The monoisotopic (exact) mass is 466 g/mol. The van der Waals surface area contributed by atoms with Gasteiger partial charge in [-0.15, -0.1) is 0 Å². The van der Waals surface area contributed by atoms with Crippen molar-refractivity contribution in [1.82, 2.24) is 9.97 Å². The minimum atomic E-state index is -0.893. The number of aromatic nitrogens is 2. The van der Waals surface area contributed by atoms with Crippen molar-refractivity contribution in [2.75, 3.05) is 12.0 Å². The number of thioether (sulfide) groups is 1. The molecule has 0 bridgehead atoms. The second-order valence-corrected chi connectivity index (χ2v) is 8.32. The predicted octanol–water partition coefficient (Wildman–Crippen LogP) is 5.55. The van der Waals surface area contributed by atoms with Crippen molar-refractivity contribution in [3.63, 3.8) is 0 Å². The van der Waals surface area contributed by atoms with E-state index in [0.29, 0.717) is 28.4 Å². The molecule has 0 aliphatic carbocycles. The SMILES string of the molecule is CSCC(O)c1cccc(C(=O)C(=C(O)c2cc(F)cc(F)c2)c2nc3ccccc3[nH]2)c1. The van der Waals surface area contributed by atoms with Crippen LogP contribution in [0.5, 0.6) is 0 Å². The number of carbonyl (C=O) groups is 1. The zero-order chi connectivity index (χ0) is 23.5. The van der Waals surface area contributed by atoms with Crippen LogP contribution < -0.4 is 0 Å². The molecule has 1 unspecified atom stereocenters. The van der Waals surface area contributed by atoms with Crippen LogP contribution in [0.4, 0.5) is 8.78 Å². The first-order valence-electron chi connectivity index (χ1n) is 10.0. The average Bonchev–Trinajstić information content (AvgIpc) is 3.22. The number of hydrogen-bond donors (Lipinski definition) is 3. The van der Waals surface area contributed by atoms with Crippen molar-refractivity contribution in [3.05, 3.63) is 101 Å². The number of carbonyl (C=O) groups excluding carboxylic acids is 1. The van der Waals surface area contributed by atoms with E-state index in [0.717, 1.165) is 12.1 Å². The van der Waals surface area contributed by atoms with Gasteiger partial charge in [-0.1, -0.05) is 30.3 Å². The number of nitrogens with one attached hydrogen (secondary N) is 1. The molecule has 168 valence electrons. The molecule has 1 atom stereocenters. The number of allylic oxidation sites excluding steroid dienone is 1. The lowest BCUT2D eigenvalue weighted by Gasteiger charge is -2.12. The standard InChI is InChI=1S/C25H20F2N2O3S/c1-33-13-21(30)14-5-4-6-15(9-14)23(31)22(24(32)16-10-17(26)12-18(27)11-16)25-28-19-7-2-3-8-20(19)29-25/h2-12,21,30,32H,13H2,1H3,(H,28,29). The average molecular weight is 467 g/mol. The lowest BCUT2D eigenvalue weighted by Crippen LogP contribution is -2.09. The molecule has 0 aliphatic heterocycles. The molecule has 0 amide bonds. The smallest absolute Gasteiger partial charge is 0.200 e. The minimum Gasteiger partial charge on any atom is -0.506 e. The van der Waals surface area contributed by atoms with Crippen LogP contribution in [0.15, 0.2) is 66.7 Å². The summed E-state index contributed by atoms with van der Waals surface area (Å²) in [5, 5.41) is 21.3. The van der Waals surface area contributed by atoms with E-state index in [4.69, 9.17) is 0 Å². The third-order valence-electron chi connectivity index (χ3n) is 5.08. The molecule has 4 aromatic rings. The van der Waals surface area contributed by atoms with Crippen LogP contribution in [0.25, 0.3) is 22.4 Å². The van der Waals surface area contributed by atoms with Gasteiger partial charge in [0.05, 0.1) is 17.1 Å². The van der Waals surface area contributed by atoms with Crippen LogP contribution in [-0.4, -0.2) is 38.0 Å². The molecule has 8 heteroatoms. The number of ketones is 1. The number of para-hydroxylation sites is 2. The number of fused-ring (bicyclic) bond motifs is 1. The number of halogens is 2. The zero-order valence-electron chi connectivity index (χ0n) is 17.5. The van der Waals surface area contributed by atoms with Gasteiger partial charge in [0.25, 0.3) is 0 Å². The Morgan fingerprint density at radius 3 is 2.45 bits per heavy atom. The topological polar surface area (TPSA) is 86.2 Å². The summed E-state index contributed by atoms with van der Waals surface area (Å²) in [5.74, 6) is -2.52. The highest BCUT2D eigenvalue weighted by Crippen LogP contribution is 2.30.